The number of fused-ring (bicyclic) bond motifs is 3. The molecular formula is C25H28N2O7S. The third-order valence-corrected chi connectivity index (χ3v) is 9.04. The molecule has 2 aromatic carbocycles. The Hall–Kier alpha value is -3.40. The first-order valence-electron chi connectivity index (χ1n) is 11.5. The third kappa shape index (κ3) is 5.32. The number of aliphatic carboxylic acids is 1. The monoisotopic (exact) mass is 500 g/mol. The van der Waals surface area contributed by atoms with Gasteiger partial charge in [0.25, 0.3) is 0 Å². The van der Waals surface area contributed by atoms with Crippen molar-refractivity contribution < 1.29 is 32.6 Å². The number of carboxylic acid groups (broad SMARTS) is 1. The molecule has 0 radical (unpaired) electrons. The molecule has 1 heterocycles. The largest absolute Gasteiger partial charge is 0.481 e. The van der Waals surface area contributed by atoms with Crippen LogP contribution in [-0.4, -0.2) is 61.2 Å². The zero-order valence-electron chi connectivity index (χ0n) is 19.3. The number of carboxylic acids is 1. The Labute approximate surface area is 203 Å². The summed E-state index contributed by atoms with van der Waals surface area (Å²) in [6.07, 6.45) is -1.07. The van der Waals surface area contributed by atoms with Gasteiger partial charge in [-0.15, -0.1) is 0 Å². The Bertz CT molecular complexity index is 1200. The molecule has 4 rings (SSSR count). The number of benzene rings is 2. The minimum absolute atomic E-state index is 0.0291. The van der Waals surface area contributed by atoms with Crippen molar-refractivity contribution in [3.8, 4) is 11.1 Å². The van der Waals surface area contributed by atoms with Gasteiger partial charge in [-0.2, -0.15) is 0 Å². The molecule has 1 aliphatic heterocycles. The maximum Gasteiger partial charge on any atom is 0.407 e. The Morgan fingerprint density at radius 3 is 2.20 bits per heavy atom. The SMILES string of the molecule is CC1C(NC(=O)C(CCC(=O)O)NC(=O)OCC2c3ccccc3-c3ccccc32)CCS1(=O)=O. The van der Waals surface area contributed by atoms with Crippen LogP contribution < -0.4 is 10.6 Å². The van der Waals surface area contributed by atoms with Crippen LogP contribution in [0, 0.1) is 0 Å². The van der Waals surface area contributed by atoms with E-state index in [4.69, 9.17) is 9.84 Å². The van der Waals surface area contributed by atoms with E-state index in [1.54, 1.807) is 0 Å². The van der Waals surface area contributed by atoms with Gasteiger partial charge in [-0.3, -0.25) is 9.59 Å². The lowest BCUT2D eigenvalue weighted by atomic mass is 9.98. The van der Waals surface area contributed by atoms with Crippen molar-refractivity contribution in [3.63, 3.8) is 0 Å². The van der Waals surface area contributed by atoms with Gasteiger partial charge in [-0.25, -0.2) is 13.2 Å². The number of ether oxygens (including phenoxy) is 1. The highest BCUT2D eigenvalue weighted by Crippen LogP contribution is 2.44. The first-order valence-corrected chi connectivity index (χ1v) is 13.2. The molecule has 1 aliphatic carbocycles. The minimum Gasteiger partial charge on any atom is -0.481 e. The maximum atomic E-state index is 12.8. The molecule has 10 heteroatoms. The Morgan fingerprint density at radius 1 is 1.06 bits per heavy atom. The molecule has 9 nitrogen and oxygen atoms in total. The molecule has 1 saturated heterocycles. The van der Waals surface area contributed by atoms with Crippen LogP contribution in [0.3, 0.4) is 0 Å². The predicted molar refractivity (Wildman–Crippen MR) is 129 cm³/mol. The average molecular weight is 501 g/mol. The van der Waals surface area contributed by atoms with Crippen LogP contribution in [-0.2, 0) is 24.2 Å². The fourth-order valence-corrected chi connectivity index (χ4v) is 6.41. The summed E-state index contributed by atoms with van der Waals surface area (Å²) in [5.41, 5.74) is 4.24. The lowest BCUT2D eigenvalue weighted by molar-refractivity contribution is -0.137. The molecule has 2 amide bonds. The number of hydrogen-bond acceptors (Lipinski definition) is 6. The van der Waals surface area contributed by atoms with Crippen LogP contribution in [0.15, 0.2) is 48.5 Å². The van der Waals surface area contributed by atoms with Crippen LogP contribution in [0.2, 0.25) is 0 Å². The quantitative estimate of drug-likeness (QED) is 0.506. The number of sulfone groups is 1. The number of rotatable bonds is 8. The molecule has 0 saturated carbocycles. The topological polar surface area (TPSA) is 139 Å². The fraction of sp³-hybridized carbons (Fsp3) is 0.400. The van der Waals surface area contributed by atoms with Crippen molar-refractivity contribution in [2.75, 3.05) is 12.4 Å². The number of carbonyl (C=O) groups excluding carboxylic acids is 2. The zero-order valence-corrected chi connectivity index (χ0v) is 20.1. The van der Waals surface area contributed by atoms with Gasteiger partial charge in [0.05, 0.1) is 11.0 Å². The van der Waals surface area contributed by atoms with Gasteiger partial charge in [0.1, 0.15) is 12.6 Å². The van der Waals surface area contributed by atoms with E-state index in [9.17, 15) is 22.8 Å². The highest BCUT2D eigenvalue weighted by Gasteiger charge is 2.38. The molecule has 3 atom stereocenters. The maximum absolute atomic E-state index is 12.8. The average Bonchev–Trinajstić information content (AvgIpc) is 3.29. The van der Waals surface area contributed by atoms with E-state index in [0.717, 1.165) is 22.3 Å². The van der Waals surface area contributed by atoms with E-state index in [-0.39, 0.29) is 37.5 Å². The van der Waals surface area contributed by atoms with Gasteiger partial charge < -0.3 is 20.5 Å². The second kappa shape index (κ2) is 10.1. The van der Waals surface area contributed by atoms with E-state index < -0.39 is 45.1 Å². The van der Waals surface area contributed by atoms with E-state index in [0.29, 0.717) is 0 Å². The van der Waals surface area contributed by atoms with Crippen molar-refractivity contribution in [2.24, 2.45) is 0 Å². The summed E-state index contributed by atoms with van der Waals surface area (Å²) in [5, 5.41) is 13.4. The highest BCUT2D eigenvalue weighted by atomic mass is 32.2. The minimum atomic E-state index is -3.28. The number of nitrogens with one attached hydrogen (secondary N) is 2. The van der Waals surface area contributed by atoms with Crippen molar-refractivity contribution in [1.82, 2.24) is 10.6 Å². The fourth-order valence-electron chi connectivity index (χ4n) is 4.75. The predicted octanol–water partition coefficient (Wildman–Crippen LogP) is 2.45. The number of alkyl carbamates (subject to hydrolysis) is 1. The first-order chi connectivity index (χ1) is 16.7. The van der Waals surface area contributed by atoms with Crippen molar-refractivity contribution in [2.45, 2.75) is 49.4 Å². The smallest absolute Gasteiger partial charge is 0.407 e. The van der Waals surface area contributed by atoms with Crippen molar-refractivity contribution in [3.05, 3.63) is 59.7 Å². The summed E-state index contributed by atoms with van der Waals surface area (Å²) < 4.78 is 29.4. The molecule has 3 N–H and O–H groups in total. The van der Waals surface area contributed by atoms with E-state index in [1.807, 2.05) is 48.5 Å². The van der Waals surface area contributed by atoms with Crippen molar-refractivity contribution in [1.29, 1.82) is 0 Å². The molecule has 2 aromatic rings. The molecule has 0 bridgehead atoms. The first kappa shape index (κ1) is 24.7. The van der Waals surface area contributed by atoms with Crippen LogP contribution >= 0.6 is 0 Å². The second-order valence-electron chi connectivity index (χ2n) is 8.93. The van der Waals surface area contributed by atoms with Gasteiger partial charge in [0.15, 0.2) is 9.84 Å². The van der Waals surface area contributed by atoms with Crippen LogP contribution in [0.4, 0.5) is 4.79 Å². The van der Waals surface area contributed by atoms with E-state index >= 15 is 0 Å². The highest BCUT2D eigenvalue weighted by molar-refractivity contribution is 7.92. The lowest BCUT2D eigenvalue weighted by Crippen LogP contribution is -2.51. The van der Waals surface area contributed by atoms with Gasteiger partial charge in [-0.05, 0) is 42.0 Å². The number of hydrogen-bond donors (Lipinski definition) is 3. The summed E-state index contributed by atoms with van der Waals surface area (Å²) in [4.78, 5) is 36.5. The lowest BCUT2D eigenvalue weighted by Gasteiger charge is -2.22. The van der Waals surface area contributed by atoms with Crippen LogP contribution in [0.1, 0.15) is 43.2 Å². The second-order valence-corrected chi connectivity index (χ2v) is 11.4. The normalized spacial score (nSPS) is 20.9. The molecule has 0 aromatic heterocycles. The molecule has 35 heavy (non-hydrogen) atoms. The van der Waals surface area contributed by atoms with Gasteiger partial charge in [0, 0.05) is 18.4 Å². The molecular weight excluding hydrogens is 472 g/mol. The molecule has 0 spiro atoms. The molecule has 186 valence electrons. The Morgan fingerprint density at radius 2 is 1.66 bits per heavy atom. The van der Waals surface area contributed by atoms with Crippen LogP contribution in [0.25, 0.3) is 11.1 Å². The van der Waals surface area contributed by atoms with Gasteiger partial charge in [-0.1, -0.05) is 48.5 Å². The summed E-state index contributed by atoms with van der Waals surface area (Å²) in [6, 6.07) is 14.0. The summed E-state index contributed by atoms with van der Waals surface area (Å²) >= 11 is 0. The molecule has 3 unspecified atom stereocenters. The molecule has 2 aliphatic rings. The third-order valence-electron chi connectivity index (χ3n) is 6.77. The Kier molecular flexibility index (Phi) is 7.11. The molecule has 1 fully saturated rings. The zero-order chi connectivity index (χ0) is 25.2. The van der Waals surface area contributed by atoms with Crippen LogP contribution in [0.5, 0.6) is 0 Å². The number of carbonyl (C=O) groups is 3. The van der Waals surface area contributed by atoms with E-state index in [2.05, 4.69) is 10.6 Å². The van der Waals surface area contributed by atoms with E-state index in [1.165, 1.54) is 6.92 Å². The Balaban J connectivity index is 1.41. The summed E-state index contributed by atoms with van der Waals surface area (Å²) in [7, 11) is -3.28. The summed E-state index contributed by atoms with van der Waals surface area (Å²) in [5.74, 6) is -1.94. The van der Waals surface area contributed by atoms with Crippen molar-refractivity contribution >= 4 is 27.8 Å². The standard InChI is InChI=1S/C25H28N2O7S/c1-15-21(12-13-35(15,32)33)26-24(30)22(10-11-23(28)29)27-25(31)34-14-20-18-8-4-2-6-16(18)17-7-3-5-9-19(17)20/h2-9,15,20-22H,10-14H2,1H3,(H,26,30)(H,27,31)(H,28,29). The van der Waals surface area contributed by atoms with Gasteiger partial charge >= 0.3 is 12.1 Å². The number of amides is 2. The van der Waals surface area contributed by atoms with Gasteiger partial charge in [0.2, 0.25) is 5.91 Å². The summed E-state index contributed by atoms with van der Waals surface area (Å²) in [6.45, 7) is 1.57.